The molecule has 70 heavy (non-hydrogen) atoms. The van der Waals surface area contributed by atoms with Crippen LogP contribution >= 0.6 is 0 Å². The minimum atomic E-state index is -1.79. The molecule has 0 aromatic carbocycles. The average Bonchev–Trinajstić information content (AvgIpc) is 3.83. The molecule has 0 radical (unpaired) electrons. The number of carbonyl (C=O) groups excluding carboxylic acids is 10. The minimum absolute atomic E-state index is 0.0942. The van der Waals surface area contributed by atoms with E-state index in [0.717, 1.165) is 4.90 Å². The van der Waals surface area contributed by atoms with Gasteiger partial charge in [-0.25, -0.2) is 4.79 Å². The zero-order valence-electron chi connectivity index (χ0n) is 39.3. The molecule has 2 saturated heterocycles. The van der Waals surface area contributed by atoms with Crippen LogP contribution in [0.3, 0.4) is 0 Å². The smallest absolute Gasteiger partial charge is 0.326 e. The van der Waals surface area contributed by atoms with E-state index in [1.165, 1.54) is 11.8 Å². The van der Waals surface area contributed by atoms with Gasteiger partial charge in [0.25, 0.3) is 0 Å². The van der Waals surface area contributed by atoms with Crippen molar-refractivity contribution >= 4 is 71.0 Å². The highest BCUT2D eigenvalue weighted by atomic mass is 16.4. The van der Waals surface area contributed by atoms with Gasteiger partial charge in [0.15, 0.2) is 0 Å². The second-order valence-electron chi connectivity index (χ2n) is 16.8. The molecule has 2 heterocycles. The molecule has 0 unspecified atom stereocenters. The van der Waals surface area contributed by atoms with E-state index < -0.39 is 177 Å². The summed E-state index contributed by atoms with van der Waals surface area (Å²) in [5.74, 6) is -12.5. The number of amides is 10. The maximum Gasteiger partial charge on any atom is 0.326 e. The van der Waals surface area contributed by atoms with Gasteiger partial charge in [0, 0.05) is 26.2 Å². The SMILES string of the molecule is CC[C@H](C)[C@H](NC(=O)[C@@H](NC(=O)CNC(=O)[C@H](CCO)NC(=O)CNC(=O)[C@H](CC(=O)O)NC(=O)CNC(=O)[C@@H]1CCCCN1C(=O)[C@H](CN)NC(=O)[C@@H](N)CO)[C@@H](C)O)C(=O)N1CCC[C@H]1C(=O)O. The number of aliphatic carboxylic acids is 2. The number of piperidine rings is 1. The number of nitrogens with two attached hydrogens (primary N) is 2. The fourth-order valence-corrected chi connectivity index (χ4v) is 7.41. The van der Waals surface area contributed by atoms with Crippen molar-refractivity contribution in [2.24, 2.45) is 17.4 Å². The predicted octanol–water partition coefficient (Wildman–Crippen LogP) is -8.22. The molecule has 2 rings (SSSR count). The highest BCUT2D eigenvalue weighted by Gasteiger charge is 2.41. The van der Waals surface area contributed by atoms with Crippen molar-refractivity contribution in [3.05, 3.63) is 0 Å². The van der Waals surface area contributed by atoms with Gasteiger partial charge in [-0.3, -0.25) is 52.7 Å². The first-order chi connectivity index (χ1) is 33.0. The van der Waals surface area contributed by atoms with Gasteiger partial charge >= 0.3 is 11.9 Å². The summed E-state index contributed by atoms with van der Waals surface area (Å²) in [6, 6.07) is -11.0. The summed E-state index contributed by atoms with van der Waals surface area (Å²) in [4.78, 5) is 156. The Morgan fingerprint density at radius 3 is 1.71 bits per heavy atom. The Hall–Kier alpha value is -6.56. The van der Waals surface area contributed by atoms with E-state index in [9.17, 15) is 78.0 Å². The lowest BCUT2D eigenvalue weighted by molar-refractivity contribution is -0.150. The first kappa shape index (κ1) is 59.6. The number of rotatable bonds is 28. The van der Waals surface area contributed by atoms with Crippen molar-refractivity contribution in [2.45, 2.75) is 127 Å². The zero-order valence-corrected chi connectivity index (χ0v) is 39.3. The second kappa shape index (κ2) is 29.5. The van der Waals surface area contributed by atoms with Gasteiger partial charge in [-0.2, -0.15) is 0 Å². The van der Waals surface area contributed by atoms with Crippen molar-refractivity contribution in [2.75, 3.05) is 52.5 Å². The normalized spacial score (nSPS) is 19.0. The molecule has 0 aromatic rings. The van der Waals surface area contributed by atoms with E-state index in [1.807, 2.05) is 0 Å². The molecule has 2 fully saturated rings. The molecular formula is C41H68N12O17. The van der Waals surface area contributed by atoms with Gasteiger partial charge in [0.2, 0.25) is 59.1 Å². The van der Waals surface area contributed by atoms with Gasteiger partial charge in [0.05, 0.1) is 38.8 Å². The number of carbonyl (C=O) groups is 12. The molecule has 0 aromatic heterocycles. The molecule has 17 N–H and O–H groups in total. The maximum atomic E-state index is 13.4. The Bertz CT molecular complexity index is 1910. The standard InChI is InChI=1S/C41H68N12O17/c1-4-20(2)32(40(68)53-12-7-9-27(53)41(69)70)51-38(66)33(21(3)56)50-30(59)18-44-35(63)23(10-13-54)47-28(57)16-45-36(64)24(14-31(60)61)48-29(58)17-46-37(65)26-8-5-6-11-52(26)39(67)25(15-42)49-34(62)22(43)19-55/h20-27,32-33,54-56H,4-19,42-43H2,1-3H3,(H,44,63)(H,45,64)(H,46,65)(H,47,57)(H,48,58)(H,49,62)(H,50,59)(H,51,66)(H,60,61)(H,69,70)/t20-,21+,22-,23-,24-,25-,26-,27-,32-,33-/m0/s1. The van der Waals surface area contributed by atoms with Gasteiger partial charge in [-0.1, -0.05) is 20.3 Å². The number of hydrogen-bond donors (Lipinski definition) is 15. The van der Waals surface area contributed by atoms with Crippen molar-refractivity contribution in [3.8, 4) is 0 Å². The monoisotopic (exact) mass is 1000 g/mol. The molecule has 2 aliphatic rings. The lowest BCUT2D eigenvalue weighted by Crippen LogP contribution is -2.61. The molecule has 0 bridgehead atoms. The topological polar surface area (TPSA) is 461 Å². The third-order valence-corrected chi connectivity index (χ3v) is 11.5. The first-order valence-electron chi connectivity index (χ1n) is 22.7. The number of carboxylic acid groups (broad SMARTS) is 2. The van der Waals surface area contributed by atoms with Crippen LogP contribution in [0, 0.1) is 5.92 Å². The summed E-state index contributed by atoms with van der Waals surface area (Å²) in [7, 11) is 0. The number of aliphatic hydroxyl groups is 3. The fourth-order valence-electron chi connectivity index (χ4n) is 7.41. The zero-order chi connectivity index (χ0) is 52.8. The summed E-state index contributed by atoms with van der Waals surface area (Å²) in [6.45, 7) is 0.593. The van der Waals surface area contributed by atoms with Gasteiger partial charge < -0.3 is 89.3 Å². The molecule has 2 aliphatic heterocycles. The molecule has 394 valence electrons. The number of aliphatic hydroxyl groups excluding tert-OH is 3. The number of carboxylic acids is 2. The summed E-state index contributed by atoms with van der Waals surface area (Å²) in [5, 5.41) is 66.1. The van der Waals surface area contributed by atoms with Crippen LogP contribution in [0.25, 0.3) is 0 Å². The van der Waals surface area contributed by atoms with Crippen LogP contribution < -0.4 is 54.0 Å². The minimum Gasteiger partial charge on any atom is -0.481 e. The van der Waals surface area contributed by atoms with Crippen LogP contribution in [0.15, 0.2) is 0 Å². The van der Waals surface area contributed by atoms with Crippen LogP contribution in [0.5, 0.6) is 0 Å². The fraction of sp³-hybridized carbons (Fsp3) is 0.707. The summed E-state index contributed by atoms with van der Waals surface area (Å²) in [6.07, 6.45) is -0.684. The van der Waals surface area contributed by atoms with Crippen molar-refractivity contribution < 1.29 is 83.1 Å². The van der Waals surface area contributed by atoms with E-state index in [0.29, 0.717) is 25.7 Å². The van der Waals surface area contributed by atoms with E-state index >= 15 is 0 Å². The van der Waals surface area contributed by atoms with E-state index in [-0.39, 0.29) is 32.5 Å². The van der Waals surface area contributed by atoms with Crippen LogP contribution in [-0.4, -0.2) is 213 Å². The maximum absolute atomic E-state index is 13.4. The first-order valence-corrected chi connectivity index (χ1v) is 22.7. The Morgan fingerprint density at radius 1 is 0.629 bits per heavy atom. The second-order valence-corrected chi connectivity index (χ2v) is 16.8. The molecule has 29 nitrogen and oxygen atoms in total. The lowest BCUT2D eigenvalue weighted by Gasteiger charge is -2.37. The van der Waals surface area contributed by atoms with Crippen LogP contribution in [0.1, 0.15) is 72.1 Å². The lowest BCUT2D eigenvalue weighted by atomic mass is 9.96. The summed E-state index contributed by atoms with van der Waals surface area (Å²) < 4.78 is 0. The summed E-state index contributed by atoms with van der Waals surface area (Å²) in [5.41, 5.74) is 11.2. The van der Waals surface area contributed by atoms with Crippen LogP contribution in [0.4, 0.5) is 0 Å². The average molecular weight is 1000 g/mol. The summed E-state index contributed by atoms with van der Waals surface area (Å²) >= 11 is 0. The number of hydrogen-bond acceptors (Lipinski definition) is 17. The number of nitrogens with one attached hydrogen (secondary N) is 8. The van der Waals surface area contributed by atoms with Gasteiger partial charge in [-0.05, 0) is 51.4 Å². The van der Waals surface area contributed by atoms with E-state index in [2.05, 4.69) is 42.5 Å². The molecule has 10 atom stereocenters. The molecule has 29 heteroatoms. The van der Waals surface area contributed by atoms with E-state index in [4.69, 9.17) is 16.6 Å². The van der Waals surface area contributed by atoms with Gasteiger partial charge in [-0.15, -0.1) is 0 Å². The Balaban J connectivity index is 1.98. The van der Waals surface area contributed by atoms with Crippen LogP contribution in [-0.2, 0) is 57.5 Å². The van der Waals surface area contributed by atoms with Crippen molar-refractivity contribution in [3.63, 3.8) is 0 Å². The molecule has 0 spiro atoms. The Morgan fingerprint density at radius 2 is 1.17 bits per heavy atom. The van der Waals surface area contributed by atoms with Crippen molar-refractivity contribution in [1.82, 2.24) is 52.3 Å². The highest BCUT2D eigenvalue weighted by Crippen LogP contribution is 2.22. The third kappa shape index (κ3) is 18.4. The van der Waals surface area contributed by atoms with Crippen molar-refractivity contribution in [1.29, 1.82) is 0 Å². The molecule has 0 aliphatic carbocycles. The van der Waals surface area contributed by atoms with Crippen LogP contribution in [0.2, 0.25) is 0 Å². The number of likely N-dealkylation sites (tertiary alicyclic amines) is 2. The van der Waals surface area contributed by atoms with E-state index in [1.54, 1.807) is 13.8 Å². The largest absolute Gasteiger partial charge is 0.481 e. The number of nitrogens with zero attached hydrogens (tertiary/aromatic N) is 2. The Kier molecular flexibility index (Phi) is 25.1. The highest BCUT2D eigenvalue weighted by molar-refractivity contribution is 5.98. The molecule has 0 saturated carbocycles. The molecule has 10 amide bonds. The van der Waals surface area contributed by atoms with Gasteiger partial charge in [0.1, 0.15) is 48.3 Å². The molecular weight excluding hydrogens is 933 g/mol. The third-order valence-electron chi connectivity index (χ3n) is 11.5. The quantitative estimate of drug-likeness (QED) is 0.0346. The Labute approximate surface area is 402 Å². The predicted molar refractivity (Wildman–Crippen MR) is 240 cm³/mol.